The summed E-state index contributed by atoms with van der Waals surface area (Å²) >= 11 is 0. The summed E-state index contributed by atoms with van der Waals surface area (Å²) in [7, 11) is 0. The molecule has 6 heteroatoms. The van der Waals surface area contributed by atoms with Gasteiger partial charge >= 0.3 is 0 Å². The van der Waals surface area contributed by atoms with E-state index in [2.05, 4.69) is 16.8 Å². The molecule has 0 unspecified atom stereocenters. The Hall–Kier alpha value is -2.50. The number of anilines is 1. The number of nitrogens with zero attached hydrogens (tertiary/aromatic N) is 5. The Morgan fingerprint density at radius 3 is 2.80 bits per heavy atom. The third-order valence-corrected chi connectivity index (χ3v) is 5.21. The second-order valence-electron chi connectivity index (χ2n) is 6.89. The molecule has 0 bridgehead atoms. The molecule has 1 atom stereocenters. The van der Waals surface area contributed by atoms with Crippen LogP contribution in [0, 0.1) is 0 Å². The number of hydrogen-bond acceptors (Lipinski definition) is 5. The van der Waals surface area contributed by atoms with Crippen LogP contribution in [0.2, 0.25) is 0 Å². The Morgan fingerprint density at radius 2 is 2.12 bits per heavy atom. The molecule has 2 aromatic rings. The van der Waals surface area contributed by atoms with E-state index in [1.807, 2.05) is 23.1 Å². The molecule has 130 valence electrons. The van der Waals surface area contributed by atoms with Crippen molar-refractivity contribution < 1.29 is 4.79 Å². The van der Waals surface area contributed by atoms with Crippen LogP contribution < -0.4 is 4.90 Å². The molecule has 4 rings (SSSR count). The van der Waals surface area contributed by atoms with Gasteiger partial charge in [0.1, 0.15) is 11.5 Å². The molecule has 0 spiro atoms. The number of amides is 1. The molecule has 6 nitrogen and oxygen atoms in total. The summed E-state index contributed by atoms with van der Waals surface area (Å²) in [4.78, 5) is 30.2. The molecule has 2 aliphatic heterocycles. The third kappa shape index (κ3) is 2.97. The molecule has 1 saturated heterocycles. The fraction of sp³-hybridized carbons (Fsp3) is 0.474. The van der Waals surface area contributed by atoms with Crippen molar-refractivity contribution in [1.29, 1.82) is 0 Å². The van der Waals surface area contributed by atoms with E-state index >= 15 is 0 Å². The first kappa shape index (κ1) is 16.0. The number of aromatic nitrogens is 3. The van der Waals surface area contributed by atoms with E-state index in [0.717, 1.165) is 36.7 Å². The topological polar surface area (TPSA) is 62.2 Å². The van der Waals surface area contributed by atoms with Crippen LogP contribution in [0.1, 0.15) is 37.9 Å². The van der Waals surface area contributed by atoms with Crippen LogP contribution in [0.5, 0.6) is 0 Å². The highest BCUT2D eigenvalue weighted by Gasteiger charge is 2.30. The van der Waals surface area contributed by atoms with Gasteiger partial charge in [-0.2, -0.15) is 0 Å². The van der Waals surface area contributed by atoms with Gasteiger partial charge in [-0.1, -0.05) is 6.07 Å². The molecule has 1 fully saturated rings. The molecule has 0 radical (unpaired) electrons. The Bertz CT molecular complexity index is 792. The van der Waals surface area contributed by atoms with Crippen LogP contribution in [0.3, 0.4) is 0 Å². The van der Waals surface area contributed by atoms with Gasteiger partial charge in [0.05, 0.1) is 12.2 Å². The maximum Gasteiger partial charge on any atom is 0.219 e. The van der Waals surface area contributed by atoms with Crippen LogP contribution in [-0.4, -0.2) is 44.9 Å². The average molecular weight is 337 g/mol. The SMILES string of the molecule is CC(=O)N1CCc2c(nc(-c3ccccn3)nc2N2CCC[C@H]2C)C1. The zero-order valence-corrected chi connectivity index (χ0v) is 14.8. The van der Waals surface area contributed by atoms with Crippen LogP contribution in [-0.2, 0) is 17.8 Å². The number of hydrogen-bond donors (Lipinski definition) is 0. The Balaban J connectivity index is 1.82. The lowest BCUT2D eigenvalue weighted by molar-refractivity contribution is -0.129. The van der Waals surface area contributed by atoms with E-state index in [4.69, 9.17) is 9.97 Å². The first-order valence-corrected chi connectivity index (χ1v) is 8.97. The lowest BCUT2D eigenvalue weighted by Crippen LogP contribution is -2.37. The molecule has 2 aromatic heterocycles. The second-order valence-corrected chi connectivity index (χ2v) is 6.89. The molecule has 0 aromatic carbocycles. The van der Waals surface area contributed by atoms with Crippen molar-refractivity contribution in [3.05, 3.63) is 35.7 Å². The standard InChI is InChI=1S/C19H23N5O/c1-13-6-5-10-24(13)19-15-8-11-23(14(2)25)12-17(15)21-18(22-19)16-7-3-4-9-20-16/h3-4,7,9,13H,5-6,8,10-12H2,1-2H3/t13-/m1/s1. The minimum absolute atomic E-state index is 0.0970. The monoisotopic (exact) mass is 337 g/mol. The van der Waals surface area contributed by atoms with Gasteiger partial charge in [0, 0.05) is 37.8 Å². The summed E-state index contributed by atoms with van der Waals surface area (Å²) in [5.41, 5.74) is 2.94. The highest BCUT2D eigenvalue weighted by Crippen LogP contribution is 2.32. The number of rotatable bonds is 2. The van der Waals surface area contributed by atoms with Crippen molar-refractivity contribution >= 4 is 11.7 Å². The molecular weight excluding hydrogens is 314 g/mol. The Labute approximate surface area is 147 Å². The minimum Gasteiger partial charge on any atom is -0.354 e. The molecule has 1 amide bonds. The smallest absolute Gasteiger partial charge is 0.219 e. The number of carbonyl (C=O) groups is 1. The van der Waals surface area contributed by atoms with Crippen molar-refractivity contribution in [2.75, 3.05) is 18.0 Å². The summed E-state index contributed by atoms with van der Waals surface area (Å²) in [6, 6.07) is 6.26. The summed E-state index contributed by atoms with van der Waals surface area (Å²) < 4.78 is 0. The number of pyridine rings is 1. The largest absolute Gasteiger partial charge is 0.354 e. The zero-order valence-electron chi connectivity index (χ0n) is 14.8. The van der Waals surface area contributed by atoms with Crippen LogP contribution >= 0.6 is 0 Å². The van der Waals surface area contributed by atoms with E-state index < -0.39 is 0 Å². The quantitative estimate of drug-likeness (QED) is 0.842. The van der Waals surface area contributed by atoms with Gasteiger partial charge in [0.15, 0.2) is 5.82 Å². The van der Waals surface area contributed by atoms with E-state index in [0.29, 0.717) is 18.4 Å². The van der Waals surface area contributed by atoms with Crippen molar-refractivity contribution in [3.63, 3.8) is 0 Å². The van der Waals surface area contributed by atoms with Gasteiger partial charge in [0.25, 0.3) is 0 Å². The molecule has 0 saturated carbocycles. The summed E-state index contributed by atoms with van der Waals surface area (Å²) in [5, 5.41) is 0. The fourth-order valence-electron chi connectivity index (χ4n) is 3.77. The third-order valence-electron chi connectivity index (χ3n) is 5.21. The first-order valence-electron chi connectivity index (χ1n) is 8.97. The zero-order chi connectivity index (χ0) is 17.4. The van der Waals surface area contributed by atoms with Crippen LogP contribution in [0.25, 0.3) is 11.5 Å². The molecule has 4 heterocycles. The van der Waals surface area contributed by atoms with Gasteiger partial charge < -0.3 is 9.80 Å². The Kier molecular flexibility index (Phi) is 4.11. The van der Waals surface area contributed by atoms with Crippen molar-refractivity contribution in [1.82, 2.24) is 19.9 Å². The van der Waals surface area contributed by atoms with Gasteiger partial charge in [-0.05, 0) is 38.3 Å². The van der Waals surface area contributed by atoms with E-state index in [-0.39, 0.29) is 5.91 Å². The molecule has 0 N–H and O–H groups in total. The highest BCUT2D eigenvalue weighted by atomic mass is 16.2. The van der Waals surface area contributed by atoms with Crippen LogP contribution in [0.4, 0.5) is 5.82 Å². The highest BCUT2D eigenvalue weighted by molar-refractivity contribution is 5.74. The minimum atomic E-state index is 0.0970. The van der Waals surface area contributed by atoms with Gasteiger partial charge in [-0.3, -0.25) is 9.78 Å². The molecule has 0 aliphatic carbocycles. The number of carbonyl (C=O) groups excluding carboxylic acids is 1. The van der Waals surface area contributed by atoms with Crippen LogP contribution in [0.15, 0.2) is 24.4 Å². The van der Waals surface area contributed by atoms with Crippen molar-refractivity contribution in [2.45, 2.75) is 45.7 Å². The average Bonchev–Trinajstić information content (AvgIpc) is 3.06. The van der Waals surface area contributed by atoms with Crippen molar-refractivity contribution in [2.24, 2.45) is 0 Å². The van der Waals surface area contributed by atoms with E-state index in [1.165, 1.54) is 18.4 Å². The molecule has 25 heavy (non-hydrogen) atoms. The predicted molar refractivity (Wildman–Crippen MR) is 96.1 cm³/mol. The molecular formula is C19H23N5O. The first-order chi connectivity index (χ1) is 12.1. The van der Waals surface area contributed by atoms with Gasteiger partial charge in [-0.25, -0.2) is 9.97 Å². The lowest BCUT2D eigenvalue weighted by Gasteiger charge is -2.32. The predicted octanol–water partition coefficient (Wildman–Crippen LogP) is 2.43. The van der Waals surface area contributed by atoms with Gasteiger partial charge in [0.2, 0.25) is 5.91 Å². The number of fused-ring (bicyclic) bond motifs is 1. The molecule has 2 aliphatic rings. The summed E-state index contributed by atoms with van der Waals surface area (Å²) in [5.74, 6) is 1.79. The van der Waals surface area contributed by atoms with E-state index in [9.17, 15) is 4.79 Å². The van der Waals surface area contributed by atoms with E-state index in [1.54, 1.807) is 13.1 Å². The maximum absolute atomic E-state index is 11.8. The second kappa shape index (κ2) is 6.43. The maximum atomic E-state index is 11.8. The van der Waals surface area contributed by atoms with Gasteiger partial charge in [-0.15, -0.1) is 0 Å². The fourth-order valence-corrected chi connectivity index (χ4v) is 3.77. The summed E-state index contributed by atoms with van der Waals surface area (Å²) in [6.07, 6.45) is 4.96. The lowest BCUT2D eigenvalue weighted by atomic mass is 10.0. The summed E-state index contributed by atoms with van der Waals surface area (Å²) in [6.45, 7) is 6.21. The Morgan fingerprint density at radius 1 is 1.24 bits per heavy atom. The normalized spacial score (nSPS) is 19.8. The van der Waals surface area contributed by atoms with Crippen molar-refractivity contribution in [3.8, 4) is 11.5 Å².